The van der Waals surface area contributed by atoms with Crippen LogP contribution in [0.15, 0.2) is 24.3 Å². The summed E-state index contributed by atoms with van der Waals surface area (Å²) in [5.41, 5.74) is 2.20. The molecule has 1 amide bonds. The van der Waals surface area contributed by atoms with Crippen LogP contribution >= 0.6 is 12.2 Å². The summed E-state index contributed by atoms with van der Waals surface area (Å²) in [4.78, 5) is 14.3. The second-order valence-electron chi connectivity index (χ2n) is 5.95. The molecular weight excluding hydrogens is 320 g/mol. The summed E-state index contributed by atoms with van der Waals surface area (Å²) in [6, 6.07) is 8.15. The van der Waals surface area contributed by atoms with Crippen molar-refractivity contribution in [3.05, 3.63) is 34.6 Å². The molecule has 0 saturated heterocycles. The number of carbonyl (C=O) groups is 1. The highest BCUT2D eigenvalue weighted by atomic mass is 32.1. The van der Waals surface area contributed by atoms with Gasteiger partial charge in [0.05, 0.1) is 0 Å². The summed E-state index contributed by atoms with van der Waals surface area (Å²) in [6.07, 6.45) is 2.57. The lowest BCUT2D eigenvalue weighted by Gasteiger charge is -2.20. The first-order valence-corrected chi connectivity index (χ1v) is 8.97. The fourth-order valence-corrected chi connectivity index (χ4v) is 2.85. The van der Waals surface area contributed by atoms with Crippen LogP contribution in [-0.4, -0.2) is 38.7 Å². The number of carbonyl (C=O) groups excluding carboxylic acids is 1. The second kappa shape index (κ2) is 8.78. The van der Waals surface area contributed by atoms with Gasteiger partial charge in [0.15, 0.2) is 10.6 Å². The largest absolute Gasteiger partial charge is 0.343 e. The molecule has 6 heteroatoms. The molecular formula is C18H26N4OS. The van der Waals surface area contributed by atoms with Crippen LogP contribution in [0.3, 0.4) is 0 Å². The Morgan fingerprint density at radius 3 is 2.62 bits per heavy atom. The predicted octanol–water partition coefficient (Wildman–Crippen LogP) is 3.95. The number of hydrogen-bond acceptors (Lipinski definition) is 3. The lowest BCUT2D eigenvalue weighted by atomic mass is 10.1. The number of rotatable bonds is 8. The minimum atomic E-state index is 0.170. The molecule has 2 aromatic rings. The van der Waals surface area contributed by atoms with Gasteiger partial charge in [-0.3, -0.25) is 14.5 Å². The summed E-state index contributed by atoms with van der Waals surface area (Å²) in [5, 5.41) is 7.17. The Morgan fingerprint density at radius 1 is 1.29 bits per heavy atom. The fourth-order valence-electron chi connectivity index (χ4n) is 2.62. The molecule has 1 aromatic carbocycles. The molecule has 0 bridgehead atoms. The topological polar surface area (TPSA) is 53.9 Å². The third-order valence-electron chi connectivity index (χ3n) is 4.13. The Balaban J connectivity index is 2.10. The number of nitrogens with zero attached hydrogens (tertiary/aromatic N) is 3. The van der Waals surface area contributed by atoms with E-state index in [1.54, 1.807) is 0 Å². The number of aromatic amines is 1. The number of nitrogens with one attached hydrogen (secondary N) is 1. The lowest BCUT2D eigenvalue weighted by molar-refractivity contribution is -0.131. The maximum atomic E-state index is 12.4. The maximum Gasteiger partial charge on any atom is 0.224 e. The van der Waals surface area contributed by atoms with Gasteiger partial charge in [-0.05, 0) is 32.5 Å². The van der Waals surface area contributed by atoms with Crippen LogP contribution in [0.2, 0.25) is 0 Å². The number of aromatic nitrogens is 3. The van der Waals surface area contributed by atoms with E-state index in [4.69, 9.17) is 12.2 Å². The van der Waals surface area contributed by atoms with E-state index in [9.17, 15) is 4.79 Å². The van der Waals surface area contributed by atoms with Crippen molar-refractivity contribution in [1.82, 2.24) is 19.7 Å². The summed E-state index contributed by atoms with van der Waals surface area (Å²) in [5.74, 6) is 0.952. The van der Waals surface area contributed by atoms with E-state index in [-0.39, 0.29) is 5.91 Å². The van der Waals surface area contributed by atoms with Crippen molar-refractivity contribution in [3.63, 3.8) is 0 Å². The van der Waals surface area contributed by atoms with Gasteiger partial charge in [0.25, 0.3) is 0 Å². The quantitative estimate of drug-likeness (QED) is 0.736. The Morgan fingerprint density at radius 2 is 2.00 bits per heavy atom. The zero-order valence-corrected chi connectivity index (χ0v) is 15.5. The van der Waals surface area contributed by atoms with Crippen molar-refractivity contribution in [2.75, 3.05) is 13.1 Å². The van der Waals surface area contributed by atoms with Crippen molar-refractivity contribution in [2.45, 2.75) is 46.6 Å². The van der Waals surface area contributed by atoms with Gasteiger partial charge in [-0.1, -0.05) is 43.2 Å². The van der Waals surface area contributed by atoms with Crippen molar-refractivity contribution >= 4 is 18.1 Å². The van der Waals surface area contributed by atoms with Crippen LogP contribution in [0, 0.1) is 11.7 Å². The molecule has 0 aliphatic carbocycles. The zero-order valence-electron chi connectivity index (χ0n) is 14.7. The molecule has 0 spiro atoms. The Hall–Kier alpha value is -1.95. The smallest absolute Gasteiger partial charge is 0.224 e. The number of unbranched alkanes of at least 4 members (excludes halogenated alkanes) is 1. The minimum absolute atomic E-state index is 0.170. The monoisotopic (exact) mass is 346 g/mol. The molecule has 5 nitrogen and oxygen atoms in total. The molecule has 24 heavy (non-hydrogen) atoms. The molecule has 0 aliphatic rings. The van der Waals surface area contributed by atoms with Crippen molar-refractivity contribution in [1.29, 1.82) is 0 Å². The standard InChI is InChI=1S/C18H26N4OS/c1-4-6-12-21(5-2)16(23)11-13-22-17(19-20-18(22)24)15-9-7-14(3)8-10-15/h7-10H,4-6,11-13H2,1-3H3,(H,20,24). The average Bonchev–Trinajstić information content (AvgIpc) is 2.95. The Kier molecular flexibility index (Phi) is 6.73. The number of hydrogen-bond donors (Lipinski definition) is 1. The maximum absolute atomic E-state index is 12.4. The number of H-pyrrole nitrogens is 1. The molecule has 1 heterocycles. The number of benzene rings is 1. The number of aryl methyl sites for hydroxylation is 1. The Bertz CT molecular complexity index is 717. The van der Waals surface area contributed by atoms with Crippen LogP contribution in [0.1, 0.15) is 38.7 Å². The van der Waals surface area contributed by atoms with Gasteiger partial charge < -0.3 is 4.90 Å². The first-order chi connectivity index (χ1) is 11.6. The van der Waals surface area contributed by atoms with Crippen LogP contribution in [0.5, 0.6) is 0 Å². The molecule has 0 aliphatic heterocycles. The molecule has 0 radical (unpaired) electrons. The van der Waals surface area contributed by atoms with Gasteiger partial charge in [-0.15, -0.1) is 0 Å². The minimum Gasteiger partial charge on any atom is -0.343 e. The van der Waals surface area contributed by atoms with Crippen molar-refractivity contribution in [3.8, 4) is 11.4 Å². The average molecular weight is 346 g/mol. The highest BCUT2D eigenvalue weighted by Crippen LogP contribution is 2.18. The molecule has 2 rings (SSSR count). The highest BCUT2D eigenvalue weighted by molar-refractivity contribution is 7.71. The molecule has 0 fully saturated rings. The van der Waals surface area contributed by atoms with E-state index >= 15 is 0 Å². The van der Waals surface area contributed by atoms with Crippen LogP contribution in [0.4, 0.5) is 0 Å². The molecule has 0 saturated carbocycles. The molecule has 130 valence electrons. The predicted molar refractivity (Wildman–Crippen MR) is 99.4 cm³/mol. The Labute approximate surface area is 148 Å². The van der Waals surface area contributed by atoms with Crippen LogP contribution < -0.4 is 0 Å². The summed E-state index contributed by atoms with van der Waals surface area (Å²) < 4.78 is 2.46. The van der Waals surface area contributed by atoms with Crippen LogP contribution in [-0.2, 0) is 11.3 Å². The van der Waals surface area contributed by atoms with Crippen LogP contribution in [0.25, 0.3) is 11.4 Å². The van der Waals surface area contributed by atoms with Gasteiger partial charge in [-0.2, -0.15) is 5.10 Å². The fraction of sp³-hybridized carbons (Fsp3) is 0.500. The van der Waals surface area contributed by atoms with Crippen molar-refractivity contribution in [2.24, 2.45) is 0 Å². The zero-order chi connectivity index (χ0) is 17.5. The lowest BCUT2D eigenvalue weighted by Crippen LogP contribution is -2.32. The van der Waals surface area contributed by atoms with E-state index in [0.717, 1.165) is 37.3 Å². The van der Waals surface area contributed by atoms with Gasteiger partial charge in [-0.25, -0.2) is 0 Å². The highest BCUT2D eigenvalue weighted by Gasteiger charge is 2.14. The van der Waals surface area contributed by atoms with E-state index in [1.807, 2.05) is 40.7 Å². The van der Waals surface area contributed by atoms with E-state index in [0.29, 0.717) is 17.7 Å². The first-order valence-electron chi connectivity index (χ1n) is 8.56. The molecule has 0 unspecified atom stereocenters. The molecule has 1 N–H and O–H groups in total. The van der Waals surface area contributed by atoms with E-state index in [1.165, 1.54) is 5.56 Å². The van der Waals surface area contributed by atoms with Gasteiger partial charge in [0.2, 0.25) is 5.91 Å². The third-order valence-corrected chi connectivity index (χ3v) is 4.44. The van der Waals surface area contributed by atoms with E-state index in [2.05, 4.69) is 24.0 Å². The second-order valence-corrected chi connectivity index (χ2v) is 6.33. The van der Waals surface area contributed by atoms with E-state index < -0.39 is 0 Å². The van der Waals surface area contributed by atoms with Gasteiger partial charge >= 0.3 is 0 Å². The third kappa shape index (κ3) is 4.54. The summed E-state index contributed by atoms with van der Waals surface area (Å²) >= 11 is 5.33. The molecule has 1 aromatic heterocycles. The van der Waals surface area contributed by atoms with Gasteiger partial charge in [0, 0.05) is 31.6 Å². The summed E-state index contributed by atoms with van der Waals surface area (Å²) in [6.45, 7) is 8.33. The molecule has 0 atom stereocenters. The normalized spacial score (nSPS) is 10.8. The van der Waals surface area contributed by atoms with Gasteiger partial charge in [0.1, 0.15) is 0 Å². The first kappa shape index (κ1) is 18.4. The summed E-state index contributed by atoms with van der Waals surface area (Å²) in [7, 11) is 0. The van der Waals surface area contributed by atoms with Crippen molar-refractivity contribution < 1.29 is 4.79 Å². The number of amides is 1. The SMILES string of the molecule is CCCCN(CC)C(=O)CCn1c(-c2ccc(C)cc2)n[nH]c1=S.